The third-order valence-electron chi connectivity index (χ3n) is 3.42. The van der Waals surface area contributed by atoms with Gasteiger partial charge in [-0.05, 0) is 26.3 Å². The summed E-state index contributed by atoms with van der Waals surface area (Å²) in [4.78, 5) is 12.0. The van der Waals surface area contributed by atoms with Gasteiger partial charge in [0.05, 0.1) is 25.4 Å². The monoisotopic (exact) mass is 292 g/mol. The number of Topliss-reactive ketones (excluding diaryl/α,β-unsaturated/α-hetero) is 1. The van der Waals surface area contributed by atoms with Gasteiger partial charge in [-0.25, -0.2) is 0 Å². The molecule has 116 valence electrons. The van der Waals surface area contributed by atoms with Crippen LogP contribution in [0.25, 0.3) is 0 Å². The molecule has 1 aromatic carbocycles. The molecule has 4 nitrogen and oxygen atoms in total. The zero-order valence-corrected chi connectivity index (χ0v) is 13.0. The minimum Gasteiger partial charge on any atom is -0.373 e. The van der Waals surface area contributed by atoms with Crippen LogP contribution in [0.2, 0.25) is 0 Å². The molecule has 1 aliphatic heterocycles. The van der Waals surface area contributed by atoms with Crippen LogP contribution in [-0.2, 0) is 25.6 Å². The highest BCUT2D eigenvalue weighted by atomic mass is 16.7. The van der Waals surface area contributed by atoms with Gasteiger partial charge in [0.2, 0.25) is 0 Å². The molecule has 2 atom stereocenters. The van der Waals surface area contributed by atoms with E-state index in [1.165, 1.54) is 0 Å². The largest absolute Gasteiger partial charge is 0.373 e. The molecule has 1 saturated heterocycles. The van der Waals surface area contributed by atoms with Crippen molar-refractivity contribution in [3.63, 3.8) is 0 Å². The third kappa shape index (κ3) is 5.58. The summed E-state index contributed by atoms with van der Waals surface area (Å²) >= 11 is 0. The Morgan fingerprint density at radius 2 is 2.10 bits per heavy atom. The lowest BCUT2D eigenvalue weighted by atomic mass is 10.1. The van der Waals surface area contributed by atoms with E-state index in [2.05, 4.69) is 0 Å². The van der Waals surface area contributed by atoms with E-state index in [9.17, 15) is 4.79 Å². The molecule has 21 heavy (non-hydrogen) atoms. The van der Waals surface area contributed by atoms with Crippen LogP contribution in [0.3, 0.4) is 0 Å². The van der Waals surface area contributed by atoms with Gasteiger partial charge >= 0.3 is 0 Å². The Balaban J connectivity index is 1.68. The topological polar surface area (TPSA) is 44.8 Å². The van der Waals surface area contributed by atoms with Crippen LogP contribution in [0.4, 0.5) is 0 Å². The van der Waals surface area contributed by atoms with Gasteiger partial charge in [0.15, 0.2) is 5.79 Å². The second-order valence-corrected chi connectivity index (χ2v) is 6.00. The van der Waals surface area contributed by atoms with Crippen LogP contribution in [0.5, 0.6) is 0 Å². The first-order valence-corrected chi connectivity index (χ1v) is 7.43. The molecule has 4 heteroatoms. The number of ether oxygens (including phenoxy) is 3. The van der Waals surface area contributed by atoms with Crippen LogP contribution in [0.15, 0.2) is 30.3 Å². The lowest BCUT2D eigenvalue weighted by Gasteiger charge is -2.17. The zero-order valence-electron chi connectivity index (χ0n) is 13.0. The Morgan fingerprint density at radius 3 is 2.71 bits per heavy atom. The fourth-order valence-electron chi connectivity index (χ4n) is 2.39. The van der Waals surface area contributed by atoms with Gasteiger partial charge in [-0.2, -0.15) is 0 Å². The molecule has 0 spiro atoms. The summed E-state index contributed by atoms with van der Waals surface area (Å²) in [5.74, 6) is -0.415. The smallest absolute Gasteiger partial charge is 0.163 e. The molecule has 0 unspecified atom stereocenters. The third-order valence-corrected chi connectivity index (χ3v) is 3.42. The molecular formula is C17H24O4. The van der Waals surface area contributed by atoms with Crippen molar-refractivity contribution in [1.82, 2.24) is 0 Å². The minimum atomic E-state index is -0.569. The maximum atomic E-state index is 12.0. The Bertz CT molecular complexity index is 455. The molecule has 0 aliphatic carbocycles. The lowest BCUT2D eigenvalue weighted by molar-refractivity contribution is -0.143. The van der Waals surface area contributed by atoms with Crippen molar-refractivity contribution in [3.8, 4) is 0 Å². The van der Waals surface area contributed by atoms with E-state index in [1.54, 1.807) is 0 Å². The van der Waals surface area contributed by atoms with Gasteiger partial charge in [-0.3, -0.25) is 4.79 Å². The first-order valence-electron chi connectivity index (χ1n) is 7.43. The van der Waals surface area contributed by atoms with E-state index in [-0.39, 0.29) is 18.0 Å². The Morgan fingerprint density at radius 1 is 1.38 bits per heavy atom. The fraction of sp³-hybridized carbons (Fsp3) is 0.588. The summed E-state index contributed by atoms with van der Waals surface area (Å²) in [7, 11) is 0. The summed E-state index contributed by atoms with van der Waals surface area (Å²) in [6.07, 6.45) is 0.581. The average molecular weight is 292 g/mol. The normalized spacial score (nSPS) is 22.1. The summed E-state index contributed by atoms with van der Waals surface area (Å²) in [6, 6.07) is 9.96. The quantitative estimate of drug-likeness (QED) is 0.774. The van der Waals surface area contributed by atoms with E-state index < -0.39 is 5.79 Å². The number of benzene rings is 1. The fourth-order valence-corrected chi connectivity index (χ4v) is 2.39. The Labute approximate surface area is 126 Å². The zero-order chi connectivity index (χ0) is 15.3. The Hall–Kier alpha value is -1.23. The summed E-state index contributed by atoms with van der Waals surface area (Å²) in [6.45, 7) is 6.67. The summed E-state index contributed by atoms with van der Waals surface area (Å²) in [5, 5.41) is 0. The molecular weight excluding hydrogens is 268 g/mol. The van der Waals surface area contributed by atoms with Gasteiger partial charge in [-0.1, -0.05) is 30.3 Å². The van der Waals surface area contributed by atoms with Gasteiger partial charge in [0.1, 0.15) is 5.78 Å². The summed E-state index contributed by atoms with van der Waals surface area (Å²) in [5.41, 5.74) is 1.12. The predicted octanol–water partition coefficient (Wildman–Crippen LogP) is 3.09. The molecule has 0 bridgehead atoms. The van der Waals surface area contributed by atoms with Gasteiger partial charge in [0.25, 0.3) is 0 Å². The van der Waals surface area contributed by atoms with Crippen molar-refractivity contribution >= 4 is 5.78 Å². The molecule has 0 radical (unpaired) electrons. The van der Waals surface area contributed by atoms with Crippen LogP contribution in [0.1, 0.15) is 39.2 Å². The highest BCUT2D eigenvalue weighted by molar-refractivity contribution is 5.79. The lowest BCUT2D eigenvalue weighted by Crippen LogP contribution is -2.24. The first-order chi connectivity index (χ1) is 9.94. The molecule has 0 aromatic heterocycles. The van der Waals surface area contributed by atoms with E-state index in [0.29, 0.717) is 26.1 Å². The summed E-state index contributed by atoms with van der Waals surface area (Å²) < 4.78 is 16.8. The van der Waals surface area contributed by atoms with Crippen molar-refractivity contribution in [3.05, 3.63) is 35.9 Å². The van der Waals surface area contributed by atoms with Crippen molar-refractivity contribution in [1.29, 1.82) is 0 Å². The molecule has 0 N–H and O–H groups in total. The minimum absolute atomic E-state index is 0.0898. The standard InChI is InChI=1S/C17H24O4/c1-13(19-11-14-7-5-4-6-8-14)9-15(18)10-16-12-20-17(2,3)21-16/h4-8,13,16H,9-12H2,1-3H3/t13-,16-/m0/s1. The van der Waals surface area contributed by atoms with Gasteiger partial charge in [0, 0.05) is 12.8 Å². The second-order valence-electron chi connectivity index (χ2n) is 6.00. The number of rotatable bonds is 7. The van der Waals surface area contributed by atoms with Crippen LogP contribution in [-0.4, -0.2) is 30.4 Å². The number of carbonyl (C=O) groups excluding carboxylic acids is 1. The second kappa shape index (κ2) is 7.16. The van der Waals surface area contributed by atoms with Crippen molar-refractivity contribution in [2.45, 2.75) is 58.2 Å². The Kier molecular flexibility index (Phi) is 5.51. The van der Waals surface area contributed by atoms with E-state index in [0.717, 1.165) is 5.56 Å². The van der Waals surface area contributed by atoms with E-state index in [4.69, 9.17) is 14.2 Å². The maximum absolute atomic E-state index is 12.0. The molecule has 0 amide bonds. The van der Waals surface area contributed by atoms with Crippen LogP contribution in [0, 0.1) is 0 Å². The molecule has 1 aliphatic rings. The SMILES string of the molecule is C[C@@H](CC(=O)C[C@H]1COC(C)(C)O1)OCc1ccccc1. The molecule has 1 heterocycles. The number of hydrogen-bond donors (Lipinski definition) is 0. The van der Waals surface area contributed by atoms with E-state index >= 15 is 0 Å². The predicted molar refractivity (Wildman–Crippen MR) is 79.8 cm³/mol. The van der Waals surface area contributed by atoms with Crippen LogP contribution >= 0.6 is 0 Å². The molecule has 1 fully saturated rings. The first kappa shape index (κ1) is 16.1. The maximum Gasteiger partial charge on any atom is 0.163 e. The number of ketones is 1. The number of hydrogen-bond acceptors (Lipinski definition) is 4. The van der Waals surface area contributed by atoms with Crippen molar-refractivity contribution < 1.29 is 19.0 Å². The molecule has 1 aromatic rings. The highest BCUT2D eigenvalue weighted by Gasteiger charge is 2.33. The van der Waals surface area contributed by atoms with Gasteiger partial charge in [-0.15, -0.1) is 0 Å². The van der Waals surface area contributed by atoms with Crippen LogP contribution < -0.4 is 0 Å². The van der Waals surface area contributed by atoms with Crippen molar-refractivity contribution in [2.24, 2.45) is 0 Å². The highest BCUT2D eigenvalue weighted by Crippen LogP contribution is 2.24. The van der Waals surface area contributed by atoms with Gasteiger partial charge < -0.3 is 14.2 Å². The van der Waals surface area contributed by atoms with Crippen molar-refractivity contribution in [2.75, 3.05) is 6.61 Å². The molecule has 2 rings (SSSR count). The molecule has 0 saturated carbocycles. The average Bonchev–Trinajstić information content (AvgIpc) is 2.76. The van der Waals surface area contributed by atoms with E-state index in [1.807, 2.05) is 51.1 Å². The number of carbonyl (C=O) groups is 1.